The molecular formula is C17H20FN3O3S. The lowest BCUT2D eigenvalue weighted by Crippen LogP contribution is -2.23. The highest BCUT2D eigenvalue weighted by Gasteiger charge is 2.17. The second-order valence-electron chi connectivity index (χ2n) is 5.68. The van der Waals surface area contributed by atoms with E-state index in [9.17, 15) is 17.6 Å². The Morgan fingerprint density at radius 1 is 1.12 bits per heavy atom. The number of nitrogens with zero attached hydrogens (tertiary/aromatic N) is 1. The predicted molar refractivity (Wildman–Crippen MR) is 95.6 cm³/mol. The molecule has 0 aliphatic heterocycles. The molecule has 2 aromatic carbocycles. The van der Waals surface area contributed by atoms with Crippen LogP contribution in [0.25, 0.3) is 0 Å². The first-order chi connectivity index (χ1) is 11.7. The van der Waals surface area contributed by atoms with Gasteiger partial charge in [-0.1, -0.05) is 12.1 Å². The molecule has 8 heteroatoms. The lowest BCUT2D eigenvalue weighted by atomic mass is 10.2. The average Bonchev–Trinajstić information content (AvgIpc) is 2.56. The SMILES string of the molecule is Cc1ccc(NCC(=O)Nc2cccc(S(=O)(=O)N(C)C)c2)cc1F. The molecule has 0 fully saturated rings. The molecule has 0 saturated carbocycles. The Morgan fingerprint density at radius 2 is 1.84 bits per heavy atom. The van der Waals surface area contributed by atoms with Crippen LogP contribution in [-0.4, -0.2) is 39.3 Å². The smallest absolute Gasteiger partial charge is 0.243 e. The summed E-state index contributed by atoms with van der Waals surface area (Å²) >= 11 is 0. The zero-order valence-electron chi connectivity index (χ0n) is 14.2. The van der Waals surface area contributed by atoms with Crippen LogP contribution in [0.1, 0.15) is 5.56 Å². The molecule has 2 aromatic rings. The van der Waals surface area contributed by atoms with Gasteiger partial charge in [-0.15, -0.1) is 0 Å². The van der Waals surface area contributed by atoms with Crippen molar-refractivity contribution in [3.63, 3.8) is 0 Å². The third-order valence-electron chi connectivity index (χ3n) is 3.52. The van der Waals surface area contributed by atoms with Crippen LogP contribution in [0, 0.1) is 12.7 Å². The molecule has 6 nitrogen and oxygen atoms in total. The number of hydrogen-bond donors (Lipinski definition) is 2. The van der Waals surface area contributed by atoms with E-state index < -0.39 is 10.0 Å². The summed E-state index contributed by atoms with van der Waals surface area (Å²) in [6, 6.07) is 10.6. The molecule has 134 valence electrons. The Kier molecular flexibility index (Phi) is 5.76. The molecular weight excluding hydrogens is 345 g/mol. The summed E-state index contributed by atoms with van der Waals surface area (Å²) in [6.45, 7) is 1.58. The minimum Gasteiger partial charge on any atom is -0.376 e. The number of aryl methyl sites for hydroxylation is 1. The zero-order chi connectivity index (χ0) is 18.6. The molecule has 0 aromatic heterocycles. The first-order valence-electron chi connectivity index (χ1n) is 7.52. The normalized spacial score (nSPS) is 11.4. The van der Waals surface area contributed by atoms with Crippen molar-refractivity contribution in [3.8, 4) is 0 Å². The minimum absolute atomic E-state index is 0.0762. The van der Waals surface area contributed by atoms with Gasteiger partial charge in [-0.2, -0.15) is 0 Å². The van der Waals surface area contributed by atoms with Gasteiger partial charge in [-0.25, -0.2) is 17.1 Å². The quantitative estimate of drug-likeness (QED) is 0.824. The Hall–Kier alpha value is -2.45. The van der Waals surface area contributed by atoms with Gasteiger partial charge < -0.3 is 10.6 Å². The van der Waals surface area contributed by atoms with Crippen LogP contribution in [0.3, 0.4) is 0 Å². The molecule has 0 unspecified atom stereocenters. The molecule has 0 aliphatic rings. The van der Waals surface area contributed by atoms with E-state index in [0.29, 0.717) is 16.9 Å². The summed E-state index contributed by atoms with van der Waals surface area (Å²) in [6.07, 6.45) is 0. The number of benzene rings is 2. The summed E-state index contributed by atoms with van der Waals surface area (Å²) in [5.41, 5.74) is 1.38. The van der Waals surface area contributed by atoms with Crippen molar-refractivity contribution in [2.45, 2.75) is 11.8 Å². The molecule has 0 radical (unpaired) electrons. The van der Waals surface area contributed by atoms with Gasteiger partial charge in [-0.3, -0.25) is 4.79 Å². The average molecular weight is 365 g/mol. The van der Waals surface area contributed by atoms with Crippen molar-refractivity contribution < 1.29 is 17.6 Å². The number of hydrogen-bond acceptors (Lipinski definition) is 4. The van der Waals surface area contributed by atoms with E-state index in [1.807, 2.05) is 0 Å². The fourth-order valence-electron chi connectivity index (χ4n) is 2.04. The Balaban J connectivity index is 2.02. The molecule has 0 atom stereocenters. The molecule has 0 bridgehead atoms. The number of halogens is 1. The number of anilines is 2. The maximum Gasteiger partial charge on any atom is 0.243 e. The summed E-state index contributed by atoms with van der Waals surface area (Å²) in [7, 11) is -0.703. The third-order valence-corrected chi connectivity index (χ3v) is 5.33. The fraction of sp³-hybridized carbons (Fsp3) is 0.235. The number of rotatable bonds is 6. The first kappa shape index (κ1) is 18.9. The van der Waals surface area contributed by atoms with E-state index in [2.05, 4.69) is 10.6 Å². The van der Waals surface area contributed by atoms with Crippen LogP contribution in [0.2, 0.25) is 0 Å². The van der Waals surface area contributed by atoms with E-state index in [0.717, 1.165) is 4.31 Å². The van der Waals surface area contributed by atoms with Gasteiger partial charge in [0, 0.05) is 25.5 Å². The Bertz CT molecular complexity index is 882. The monoisotopic (exact) mass is 365 g/mol. The Labute approximate surface area is 146 Å². The number of carbonyl (C=O) groups excluding carboxylic acids is 1. The fourth-order valence-corrected chi connectivity index (χ4v) is 2.98. The van der Waals surface area contributed by atoms with Gasteiger partial charge in [0.05, 0.1) is 11.4 Å². The summed E-state index contributed by atoms with van der Waals surface area (Å²) in [5.74, 6) is -0.729. The van der Waals surface area contributed by atoms with E-state index in [-0.39, 0.29) is 23.2 Å². The van der Waals surface area contributed by atoms with Crippen molar-refractivity contribution in [2.75, 3.05) is 31.3 Å². The molecule has 25 heavy (non-hydrogen) atoms. The number of amides is 1. The van der Waals surface area contributed by atoms with E-state index >= 15 is 0 Å². The lowest BCUT2D eigenvalue weighted by Gasteiger charge is -2.13. The summed E-state index contributed by atoms with van der Waals surface area (Å²) in [4.78, 5) is 12.1. The molecule has 2 N–H and O–H groups in total. The van der Waals surface area contributed by atoms with Crippen LogP contribution in [-0.2, 0) is 14.8 Å². The van der Waals surface area contributed by atoms with Gasteiger partial charge >= 0.3 is 0 Å². The van der Waals surface area contributed by atoms with Crippen molar-refractivity contribution in [3.05, 3.63) is 53.8 Å². The first-order valence-corrected chi connectivity index (χ1v) is 8.96. The van der Waals surface area contributed by atoms with Crippen molar-refractivity contribution in [2.24, 2.45) is 0 Å². The van der Waals surface area contributed by atoms with Crippen LogP contribution in [0.4, 0.5) is 15.8 Å². The maximum atomic E-state index is 13.5. The largest absolute Gasteiger partial charge is 0.376 e. The van der Waals surface area contributed by atoms with Crippen molar-refractivity contribution in [1.29, 1.82) is 0 Å². The van der Waals surface area contributed by atoms with Crippen molar-refractivity contribution >= 4 is 27.3 Å². The molecule has 0 saturated heterocycles. The number of nitrogens with one attached hydrogen (secondary N) is 2. The molecule has 2 rings (SSSR count). The third kappa shape index (κ3) is 4.77. The lowest BCUT2D eigenvalue weighted by molar-refractivity contribution is -0.114. The highest BCUT2D eigenvalue weighted by atomic mass is 32.2. The van der Waals surface area contributed by atoms with E-state index in [1.165, 1.54) is 32.3 Å². The van der Waals surface area contributed by atoms with Crippen LogP contribution < -0.4 is 10.6 Å². The molecule has 1 amide bonds. The minimum atomic E-state index is -3.57. The molecule has 0 heterocycles. The zero-order valence-corrected chi connectivity index (χ0v) is 15.0. The highest BCUT2D eigenvalue weighted by molar-refractivity contribution is 7.89. The van der Waals surface area contributed by atoms with Gasteiger partial charge in [0.2, 0.25) is 15.9 Å². The molecule has 0 spiro atoms. The number of carbonyl (C=O) groups is 1. The summed E-state index contributed by atoms with van der Waals surface area (Å²) in [5, 5.41) is 5.43. The molecule has 0 aliphatic carbocycles. The van der Waals surface area contributed by atoms with E-state index in [4.69, 9.17) is 0 Å². The van der Waals surface area contributed by atoms with Gasteiger partial charge in [0.15, 0.2) is 0 Å². The van der Waals surface area contributed by atoms with Gasteiger partial charge in [-0.05, 0) is 42.8 Å². The van der Waals surface area contributed by atoms with Crippen LogP contribution >= 0.6 is 0 Å². The van der Waals surface area contributed by atoms with Crippen molar-refractivity contribution in [1.82, 2.24) is 4.31 Å². The second kappa shape index (κ2) is 7.62. The predicted octanol–water partition coefficient (Wildman–Crippen LogP) is 2.44. The Morgan fingerprint density at radius 3 is 2.48 bits per heavy atom. The maximum absolute atomic E-state index is 13.5. The standard InChI is InChI=1S/C17H20FN3O3S/c1-12-7-8-13(10-16(12)18)19-11-17(22)20-14-5-4-6-15(9-14)25(23,24)21(2)3/h4-10,19H,11H2,1-3H3,(H,20,22). The van der Waals surface area contributed by atoms with Gasteiger partial charge in [0.1, 0.15) is 5.82 Å². The second-order valence-corrected chi connectivity index (χ2v) is 7.83. The van der Waals surface area contributed by atoms with Crippen LogP contribution in [0.15, 0.2) is 47.4 Å². The van der Waals surface area contributed by atoms with Crippen LogP contribution in [0.5, 0.6) is 0 Å². The highest BCUT2D eigenvalue weighted by Crippen LogP contribution is 2.18. The van der Waals surface area contributed by atoms with E-state index in [1.54, 1.807) is 31.2 Å². The summed E-state index contributed by atoms with van der Waals surface area (Å²) < 4.78 is 38.8. The number of sulfonamides is 1. The van der Waals surface area contributed by atoms with Gasteiger partial charge in [0.25, 0.3) is 0 Å². The topological polar surface area (TPSA) is 78.5 Å².